The third-order valence-corrected chi connectivity index (χ3v) is 17.6. The lowest BCUT2D eigenvalue weighted by Crippen LogP contribution is -2.41. The molecule has 1 aromatic heterocycles. The summed E-state index contributed by atoms with van der Waals surface area (Å²) >= 11 is 0. The predicted octanol–water partition coefficient (Wildman–Crippen LogP) is 10.9. The SMILES string of the molecule is CCN(CC(=O)NCC[P+](c1ccccc1)(c1ccccc1)c1ccccc1)c1ccc2cc(CNCCc3ccc(OC)c(OC4CCCCCCCCCCCCC4)c3)c(=O)oc2c1. The number of rotatable bonds is 18. The molecule has 0 bridgehead atoms. The highest BCUT2D eigenvalue weighted by Gasteiger charge is 2.44. The van der Waals surface area contributed by atoms with Crippen LogP contribution in [0.1, 0.15) is 102 Å². The van der Waals surface area contributed by atoms with E-state index in [1.807, 2.05) is 42.2 Å². The second-order valence-corrected chi connectivity index (χ2v) is 21.4. The third-order valence-electron chi connectivity index (χ3n) is 13.2. The molecule has 6 aromatic rings. The normalized spacial score (nSPS) is 14.6. The lowest BCUT2D eigenvalue weighted by Gasteiger charge is -2.28. The van der Waals surface area contributed by atoms with E-state index in [4.69, 9.17) is 13.9 Å². The zero-order valence-electron chi connectivity index (χ0n) is 39.4. The highest BCUT2D eigenvalue weighted by Crippen LogP contribution is 2.54. The van der Waals surface area contributed by atoms with E-state index in [-0.39, 0.29) is 24.2 Å². The Balaban J connectivity index is 0.936. The van der Waals surface area contributed by atoms with Crippen LogP contribution in [-0.2, 0) is 17.8 Å². The maximum atomic E-state index is 13.6. The maximum absolute atomic E-state index is 13.6. The van der Waals surface area contributed by atoms with Crippen LogP contribution in [0.25, 0.3) is 11.0 Å². The molecule has 0 radical (unpaired) electrons. The van der Waals surface area contributed by atoms with E-state index in [1.54, 1.807) is 7.11 Å². The second kappa shape index (κ2) is 25.5. The molecule has 2 N–H and O–H groups in total. The van der Waals surface area contributed by atoms with Crippen molar-refractivity contribution in [1.29, 1.82) is 0 Å². The Morgan fingerprint density at radius 3 is 1.82 bits per heavy atom. The van der Waals surface area contributed by atoms with Gasteiger partial charge in [0.2, 0.25) is 5.91 Å². The number of fused-ring (bicyclic) bond motifs is 1. The average molecular weight is 909 g/mol. The van der Waals surface area contributed by atoms with Gasteiger partial charge in [0.1, 0.15) is 28.8 Å². The fraction of sp³-hybridized carbons (Fsp3) is 0.404. The summed E-state index contributed by atoms with van der Waals surface area (Å²) in [7, 11) is -0.359. The summed E-state index contributed by atoms with van der Waals surface area (Å²) < 4.78 is 18.3. The van der Waals surface area contributed by atoms with Crippen LogP contribution >= 0.6 is 7.26 Å². The van der Waals surface area contributed by atoms with Gasteiger partial charge in [0, 0.05) is 30.2 Å². The molecule has 66 heavy (non-hydrogen) atoms. The van der Waals surface area contributed by atoms with Gasteiger partial charge < -0.3 is 29.4 Å². The van der Waals surface area contributed by atoms with Gasteiger partial charge in [-0.15, -0.1) is 0 Å². The molecule has 1 amide bonds. The summed E-state index contributed by atoms with van der Waals surface area (Å²) in [5.74, 6) is 1.55. The topological polar surface area (TPSA) is 93.0 Å². The molecule has 1 heterocycles. The van der Waals surface area contributed by atoms with E-state index < -0.39 is 7.26 Å². The number of nitrogens with one attached hydrogen (secondary N) is 2. The standard InChI is InChI=1S/C57H70N3O5P/c1-3-60(44-56(61)59-38-39-66(50-26-18-13-19-27-50,51-28-20-14-21-29-51)52-30-22-15-23-31-52)48-34-33-46-41-47(57(62)65-54(46)42-48)43-58-37-36-45-32-35-53(63-2)55(40-45)64-49-24-16-11-9-7-5-4-6-8-10-12-17-25-49/h13-15,18-23,26-35,40-42,49,58H,3-12,16-17,24-25,36-39,43-44H2,1-2H3/p+1. The number of benzene rings is 5. The molecule has 1 fully saturated rings. The Morgan fingerprint density at radius 1 is 0.682 bits per heavy atom. The van der Waals surface area contributed by atoms with Gasteiger partial charge in [0.05, 0.1) is 38.0 Å². The summed E-state index contributed by atoms with van der Waals surface area (Å²) in [5.41, 5.74) is 2.70. The number of carbonyl (C=O) groups excluding carboxylic acids is 1. The van der Waals surface area contributed by atoms with Crippen LogP contribution in [0, 0.1) is 0 Å². The molecular formula is C57H71N3O5P+. The number of ether oxygens (including phenoxy) is 2. The van der Waals surface area contributed by atoms with Crippen molar-refractivity contribution in [3.8, 4) is 11.5 Å². The fourth-order valence-corrected chi connectivity index (χ4v) is 13.7. The van der Waals surface area contributed by atoms with Crippen LogP contribution in [0.3, 0.4) is 0 Å². The molecule has 5 aromatic carbocycles. The number of anilines is 1. The fourth-order valence-electron chi connectivity index (χ4n) is 9.52. The second-order valence-electron chi connectivity index (χ2n) is 17.8. The van der Waals surface area contributed by atoms with Gasteiger partial charge in [-0.3, -0.25) is 4.79 Å². The Hall–Kier alpha value is -5.43. The van der Waals surface area contributed by atoms with Gasteiger partial charge >= 0.3 is 5.63 Å². The first-order valence-electron chi connectivity index (χ1n) is 24.6. The first-order valence-corrected chi connectivity index (χ1v) is 26.6. The Morgan fingerprint density at radius 2 is 1.26 bits per heavy atom. The Bertz CT molecular complexity index is 2330. The highest BCUT2D eigenvalue weighted by molar-refractivity contribution is 7.95. The van der Waals surface area contributed by atoms with Crippen molar-refractivity contribution in [2.45, 2.75) is 109 Å². The lowest BCUT2D eigenvalue weighted by molar-refractivity contribution is -0.119. The van der Waals surface area contributed by atoms with Crippen LogP contribution in [-0.4, -0.2) is 51.5 Å². The summed E-state index contributed by atoms with van der Waals surface area (Å²) in [6, 6.07) is 46.2. The molecule has 0 spiro atoms. The zero-order chi connectivity index (χ0) is 45.8. The van der Waals surface area contributed by atoms with Crippen molar-refractivity contribution >= 4 is 45.7 Å². The molecule has 9 heteroatoms. The predicted molar refractivity (Wildman–Crippen MR) is 276 cm³/mol. The van der Waals surface area contributed by atoms with Crippen LogP contribution in [0.4, 0.5) is 5.69 Å². The molecule has 0 aliphatic heterocycles. The van der Waals surface area contributed by atoms with Gasteiger partial charge in [0.25, 0.3) is 0 Å². The molecule has 0 atom stereocenters. The quantitative estimate of drug-likeness (QED) is 0.0504. The van der Waals surface area contributed by atoms with Crippen molar-refractivity contribution in [2.75, 3.05) is 44.4 Å². The molecule has 0 saturated heterocycles. The number of hydrogen-bond acceptors (Lipinski definition) is 7. The molecule has 348 valence electrons. The summed E-state index contributed by atoms with van der Waals surface area (Å²) in [5, 5.41) is 11.4. The average Bonchev–Trinajstić information content (AvgIpc) is 3.35. The molecule has 1 saturated carbocycles. The van der Waals surface area contributed by atoms with Gasteiger partial charge in [-0.05, 0) is 118 Å². The number of likely N-dealkylation sites (N-methyl/N-ethyl adjacent to an activating group) is 1. The monoisotopic (exact) mass is 909 g/mol. The minimum atomic E-state index is -2.07. The van der Waals surface area contributed by atoms with E-state index >= 15 is 0 Å². The van der Waals surface area contributed by atoms with Crippen molar-refractivity contribution in [3.05, 3.63) is 155 Å². The highest BCUT2D eigenvalue weighted by atomic mass is 31.2. The van der Waals surface area contributed by atoms with Crippen LogP contribution in [0.5, 0.6) is 11.5 Å². The molecule has 7 rings (SSSR count). The van der Waals surface area contributed by atoms with Crippen LogP contribution in [0.15, 0.2) is 143 Å². The van der Waals surface area contributed by atoms with Crippen molar-refractivity contribution in [3.63, 3.8) is 0 Å². The van der Waals surface area contributed by atoms with Crippen molar-refractivity contribution in [2.24, 2.45) is 0 Å². The zero-order valence-corrected chi connectivity index (χ0v) is 40.3. The van der Waals surface area contributed by atoms with Gasteiger partial charge in [-0.1, -0.05) is 118 Å². The number of amides is 1. The van der Waals surface area contributed by atoms with E-state index in [9.17, 15) is 9.59 Å². The lowest BCUT2D eigenvalue weighted by atomic mass is 9.99. The van der Waals surface area contributed by atoms with Gasteiger partial charge in [0.15, 0.2) is 11.5 Å². The van der Waals surface area contributed by atoms with E-state index in [0.717, 1.165) is 53.6 Å². The maximum Gasteiger partial charge on any atom is 0.340 e. The van der Waals surface area contributed by atoms with Crippen LogP contribution in [0.2, 0.25) is 0 Å². The van der Waals surface area contributed by atoms with Crippen LogP contribution < -0.4 is 46.5 Å². The summed E-state index contributed by atoms with van der Waals surface area (Å²) in [4.78, 5) is 28.9. The van der Waals surface area contributed by atoms with E-state index in [0.29, 0.717) is 37.3 Å². The smallest absolute Gasteiger partial charge is 0.340 e. The number of carbonyl (C=O) groups is 1. The Kier molecular flexibility index (Phi) is 18.7. The molecule has 8 nitrogen and oxygen atoms in total. The minimum Gasteiger partial charge on any atom is -0.493 e. The summed E-state index contributed by atoms with van der Waals surface area (Å²) in [6.45, 7) is 4.44. The largest absolute Gasteiger partial charge is 0.493 e. The number of hydrogen-bond donors (Lipinski definition) is 2. The molecule has 1 aliphatic rings. The first kappa shape index (κ1) is 48.5. The first-order chi connectivity index (χ1) is 32.5. The minimum absolute atomic E-state index is 0.0533. The van der Waals surface area contributed by atoms with Gasteiger partial charge in [-0.2, -0.15) is 0 Å². The molecular weight excluding hydrogens is 838 g/mol. The van der Waals surface area contributed by atoms with Gasteiger partial charge in [-0.25, -0.2) is 4.79 Å². The molecule has 0 unspecified atom stereocenters. The molecule has 1 aliphatic carbocycles. The number of methoxy groups -OCH3 is 1. The summed E-state index contributed by atoms with van der Waals surface area (Å²) in [6.07, 6.45) is 18.4. The Labute approximate surface area is 393 Å². The van der Waals surface area contributed by atoms with Crippen molar-refractivity contribution in [1.82, 2.24) is 10.6 Å². The van der Waals surface area contributed by atoms with E-state index in [1.165, 1.54) is 86.5 Å². The van der Waals surface area contributed by atoms with E-state index in [2.05, 4.69) is 114 Å². The van der Waals surface area contributed by atoms with Crippen molar-refractivity contribution < 1.29 is 18.7 Å². The third kappa shape index (κ3) is 13.4. The number of nitrogens with zero attached hydrogens (tertiary/aromatic N) is 1.